The maximum atomic E-state index is 10.5. The number of aliphatic carboxylic acids is 1. The number of methoxy groups -OCH3 is 1. The molecule has 0 fully saturated rings. The van der Waals surface area contributed by atoms with E-state index in [-0.39, 0.29) is 12.0 Å². The summed E-state index contributed by atoms with van der Waals surface area (Å²) in [5.41, 5.74) is 3.27. The lowest BCUT2D eigenvalue weighted by atomic mass is 9.84. The van der Waals surface area contributed by atoms with E-state index in [0.29, 0.717) is 6.54 Å². The van der Waals surface area contributed by atoms with Gasteiger partial charge in [0, 0.05) is 17.7 Å². The van der Waals surface area contributed by atoms with Gasteiger partial charge < -0.3 is 15.2 Å². The van der Waals surface area contributed by atoms with Crippen LogP contribution in [0, 0.1) is 6.92 Å². The van der Waals surface area contributed by atoms with E-state index in [0.717, 1.165) is 22.4 Å². The average molecular weight is 265 g/mol. The molecule has 1 aromatic rings. The first-order valence-electron chi connectivity index (χ1n) is 6.36. The van der Waals surface area contributed by atoms with E-state index in [2.05, 4.69) is 32.2 Å². The second-order valence-electron chi connectivity index (χ2n) is 5.75. The fourth-order valence-electron chi connectivity index (χ4n) is 2.08. The summed E-state index contributed by atoms with van der Waals surface area (Å²) >= 11 is 0. The molecule has 0 saturated heterocycles. The van der Waals surface area contributed by atoms with E-state index in [9.17, 15) is 4.79 Å². The molecule has 0 amide bonds. The van der Waals surface area contributed by atoms with Crippen molar-refractivity contribution in [1.29, 1.82) is 0 Å². The minimum absolute atomic E-state index is 0.0150. The van der Waals surface area contributed by atoms with Gasteiger partial charge in [0.2, 0.25) is 0 Å². The Bertz CT molecular complexity index is 461. The Hall–Kier alpha value is -1.55. The van der Waals surface area contributed by atoms with Crippen molar-refractivity contribution >= 4 is 5.97 Å². The number of aryl methyl sites for hydroxylation is 1. The molecule has 4 nitrogen and oxygen atoms in total. The molecule has 0 bridgehead atoms. The van der Waals surface area contributed by atoms with E-state index in [4.69, 9.17) is 9.84 Å². The van der Waals surface area contributed by atoms with E-state index in [1.807, 2.05) is 13.0 Å². The molecule has 106 valence electrons. The van der Waals surface area contributed by atoms with Crippen molar-refractivity contribution < 1.29 is 14.6 Å². The van der Waals surface area contributed by atoms with Crippen LogP contribution in [-0.4, -0.2) is 24.7 Å². The number of hydrogen-bond donors (Lipinski definition) is 2. The van der Waals surface area contributed by atoms with Crippen molar-refractivity contribution in [3.8, 4) is 5.75 Å². The quantitative estimate of drug-likeness (QED) is 0.858. The molecule has 0 spiro atoms. The first-order valence-corrected chi connectivity index (χ1v) is 6.36. The zero-order valence-electron chi connectivity index (χ0n) is 12.3. The summed E-state index contributed by atoms with van der Waals surface area (Å²) in [4.78, 5) is 10.5. The Balaban J connectivity index is 3.09. The van der Waals surface area contributed by atoms with Gasteiger partial charge in [0.15, 0.2) is 0 Å². The monoisotopic (exact) mass is 265 g/mol. The molecule has 0 aliphatic carbocycles. The minimum atomic E-state index is -0.859. The standard InChI is InChI=1S/C15H23NO3/c1-10-6-11(8-16-9-13(17)18)14(19-5)12(7-10)15(2,3)4/h6-7,16H,8-9H2,1-5H3,(H,17,18). The van der Waals surface area contributed by atoms with Crippen LogP contribution in [0.1, 0.15) is 37.5 Å². The summed E-state index contributed by atoms with van der Waals surface area (Å²) in [6, 6.07) is 4.16. The third-order valence-corrected chi connectivity index (χ3v) is 2.91. The molecule has 2 N–H and O–H groups in total. The van der Waals surface area contributed by atoms with Gasteiger partial charge in [-0.25, -0.2) is 0 Å². The number of benzene rings is 1. The van der Waals surface area contributed by atoms with Gasteiger partial charge in [-0.2, -0.15) is 0 Å². The van der Waals surface area contributed by atoms with Crippen LogP contribution < -0.4 is 10.1 Å². The predicted octanol–water partition coefficient (Wildman–Crippen LogP) is 2.48. The summed E-state index contributed by atoms with van der Waals surface area (Å²) < 4.78 is 5.53. The SMILES string of the molecule is COc1c(CNCC(=O)O)cc(C)cc1C(C)(C)C. The molecule has 1 aromatic carbocycles. The maximum Gasteiger partial charge on any atom is 0.317 e. The smallest absolute Gasteiger partial charge is 0.317 e. The van der Waals surface area contributed by atoms with E-state index in [1.54, 1.807) is 7.11 Å². The molecule has 0 radical (unpaired) electrons. The summed E-state index contributed by atoms with van der Waals surface area (Å²) in [5.74, 6) is -0.0151. The third-order valence-electron chi connectivity index (χ3n) is 2.91. The Labute approximate surface area is 114 Å². The van der Waals surface area contributed by atoms with Crippen molar-refractivity contribution in [3.05, 3.63) is 28.8 Å². The summed E-state index contributed by atoms with van der Waals surface area (Å²) in [6.45, 7) is 8.88. The highest BCUT2D eigenvalue weighted by Gasteiger charge is 2.21. The van der Waals surface area contributed by atoms with Crippen LogP contribution in [0.3, 0.4) is 0 Å². The van der Waals surface area contributed by atoms with Crippen molar-refractivity contribution in [2.75, 3.05) is 13.7 Å². The molecule has 4 heteroatoms. The molecule has 19 heavy (non-hydrogen) atoms. The zero-order valence-corrected chi connectivity index (χ0v) is 12.3. The molecular weight excluding hydrogens is 242 g/mol. The second kappa shape index (κ2) is 6.06. The van der Waals surface area contributed by atoms with Gasteiger partial charge in [-0.05, 0) is 12.3 Å². The molecule has 0 heterocycles. The van der Waals surface area contributed by atoms with Crippen LogP contribution in [-0.2, 0) is 16.8 Å². The van der Waals surface area contributed by atoms with Crippen molar-refractivity contribution in [2.45, 2.75) is 39.7 Å². The van der Waals surface area contributed by atoms with Gasteiger partial charge in [0.1, 0.15) is 5.75 Å². The number of carbonyl (C=O) groups is 1. The van der Waals surface area contributed by atoms with Gasteiger partial charge in [-0.15, -0.1) is 0 Å². The topological polar surface area (TPSA) is 58.6 Å². The van der Waals surface area contributed by atoms with Gasteiger partial charge in [-0.3, -0.25) is 4.79 Å². The van der Waals surface area contributed by atoms with Gasteiger partial charge >= 0.3 is 5.97 Å². The lowest BCUT2D eigenvalue weighted by Crippen LogP contribution is -2.23. The van der Waals surface area contributed by atoms with Crippen molar-refractivity contribution in [1.82, 2.24) is 5.32 Å². The van der Waals surface area contributed by atoms with Crippen LogP contribution in [0.25, 0.3) is 0 Å². The Kier molecular flexibility index (Phi) is 4.95. The molecule has 1 rings (SSSR count). The summed E-state index contributed by atoms with van der Waals surface area (Å²) in [5, 5.41) is 11.6. The normalized spacial score (nSPS) is 11.4. The molecule has 0 saturated carbocycles. The largest absolute Gasteiger partial charge is 0.496 e. The molecule has 0 aliphatic rings. The van der Waals surface area contributed by atoms with Gasteiger partial charge in [0.05, 0.1) is 13.7 Å². The molecule has 0 aliphatic heterocycles. The van der Waals surface area contributed by atoms with Crippen LogP contribution in [0.2, 0.25) is 0 Å². The van der Waals surface area contributed by atoms with E-state index in [1.165, 1.54) is 0 Å². The van der Waals surface area contributed by atoms with Crippen LogP contribution in [0.15, 0.2) is 12.1 Å². The fraction of sp³-hybridized carbons (Fsp3) is 0.533. The fourth-order valence-corrected chi connectivity index (χ4v) is 2.08. The highest BCUT2D eigenvalue weighted by molar-refractivity contribution is 5.69. The van der Waals surface area contributed by atoms with E-state index < -0.39 is 5.97 Å². The Morgan fingerprint density at radius 2 is 2.00 bits per heavy atom. The maximum absolute atomic E-state index is 10.5. The van der Waals surface area contributed by atoms with Crippen LogP contribution in [0.5, 0.6) is 5.75 Å². The number of hydrogen-bond acceptors (Lipinski definition) is 3. The van der Waals surface area contributed by atoms with Crippen molar-refractivity contribution in [2.24, 2.45) is 0 Å². The summed E-state index contributed by atoms with van der Waals surface area (Å²) in [7, 11) is 1.65. The van der Waals surface area contributed by atoms with Gasteiger partial charge in [-0.1, -0.05) is 38.5 Å². The third kappa shape index (κ3) is 4.24. The Morgan fingerprint density at radius 1 is 1.37 bits per heavy atom. The highest BCUT2D eigenvalue weighted by atomic mass is 16.5. The minimum Gasteiger partial charge on any atom is -0.496 e. The molecule has 0 unspecified atom stereocenters. The number of rotatable bonds is 5. The van der Waals surface area contributed by atoms with Crippen molar-refractivity contribution in [3.63, 3.8) is 0 Å². The summed E-state index contributed by atoms with van der Waals surface area (Å²) in [6.07, 6.45) is 0. The first-order chi connectivity index (χ1) is 8.75. The molecule has 0 atom stereocenters. The number of nitrogens with one attached hydrogen (secondary N) is 1. The lowest BCUT2D eigenvalue weighted by molar-refractivity contribution is -0.136. The molecular formula is C15H23NO3. The Morgan fingerprint density at radius 3 is 2.47 bits per heavy atom. The second-order valence-corrected chi connectivity index (χ2v) is 5.75. The van der Waals surface area contributed by atoms with Gasteiger partial charge in [0.25, 0.3) is 0 Å². The first kappa shape index (κ1) is 15.5. The average Bonchev–Trinajstić information content (AvgIpc) is 2.26. The van der Waals surface area contributed by atoms with E-state index >= 15 is 0 Å². The zero-order chi connectivity index (χ0) is 14.6. The highest BCUT2D eigenvalue weighted by Crippen LogP contribution is 2.35. The number of carboxylic acids is 1. The number of carboxylic acid groups (broad SMARTS) is 1. The number of ether oxygens (including phenoxy) is 1. The predicted molar refractivity (Wildman–Crippen MR) is 75.8 cm³/mol. The van der Waals surface area contributed by atoms with Crippen LogP contribution >= 0.6 is 0 Å². The molecule has 0 aromatic heterocycles. The van der Waals surface area contributed by atoms with Crippen LogP contribution in [0.4, 0.5) is 0 Å². The lowest BCUT2D eigenvalue weighted by Gasteiger charge is -2.25.